The molecule has 1 N–H and O–H groups in total. The first kappa shape index (κ1) is 12.0. The van der Waals surface area contributed by atoms with Gasteiger partial charge in [-0.1, -0.05) is 12.2 Å². The van der Waals surface area contributed by atoms with E-state index in [0.717, 1.165) is 29.5 Å². The van der Waals surface area contributed by atoms with Crippen LogP contribution in [-0.4, -0.2) is 11.5 Å². The van der Waals surface area contributed by atoms with Crippen LogP contribution in [0.2, 0.25) is 0 Å². The summed E-state index contributed by atoms with van der Waals surface area (Å²) < 4.78 is 5.28. The Bertz CT molecular complexity index is 528. The SMILES string of the molecule is C1=CCC(CNc2ccc(-c3cnco3)cc2)CC1. The molecule has 3 heteroatoms. The summed E-state index contributed by atoms with van der Waals surface area (Å²) in [5.74, 6) is 1.57. The quantitative estimate of drug-likeness (QED) is 0.834. The molecule has 0 radical (unpaired) electrons. The maximum absolute atomic E-state index is 5.28. The van der Waals surface area contributed by atoms with Crippen LogP contribution in [0.25, 0.3) is 11.3 Å². The van der Waals surface area contributed by atoms with E-state index in [-0.39, 0.29) is 0 Å². The molecule has 1 aromatic heterocycles. The number of nitrogens with one attached hydrogen (secondary N) is 1. The van der Waals surface area contributed by atoms with Gasteiger partial charge in [-0.3, -0.25) is 0 Å². The molecule has 0 bridgehead atoms. The number of nitrogens with zero attached hydrogens (tertiary/aromatic N) is 1. The van der Waals surface area contributed by atoms with Crippen LogP contribution < -0.4 is 5.32 Å². The fourth-order valence-corrected chi connectivity index (χ4v) is 2.41. The van der Waals surface area contributed by atoms with E-state index in [1.54, 1.807) is 6.20 Å². The number of allylic oxidation sites excluding steroid dienone is 2. The minimum atomic E-state index is 0.763. The summed E-state index contributed by atoms with van der Waals surface area (Å²) in [5, 5.41) is 3.51. The number of anilines is 1. The molecule has 3 rings (SSSR count). The predicted molar refractivity (Wildman–Crippen MR) is 76.9 cm³/mol. The Labute approximate surface area is 113 Å². The lowest BCUT2D eigenvalue weighted by atomic mass is 9.94. The Morgan fingerprint density at radius 3 is 2.79 bits per heavy atom. The van der Waals surface area contributed by atoms with Crippen LogP contribution in [0, 0.1) is 5.92 Å². The Hall–Kier alpha value is -2.03. The van der Waals surface area contributed by atoms with E-state index in [1.165, 1.54) is 25.7 Å². The maximum atomic E-state index is 5.28. The zero-order valence-electron chi connectivity index (χ0n) is 10.9. The van der Waals surface area contributed by atoms with Gasteiger partial charge in [0, 0.05) is 17.8 Å². The van der Waals surface area contributed by atoms with Gasteiger partial charge in [0.25, 0.3) is 0 Å². The van der Waals surface area contributed by atoms with Gasteiger partial charge in [0.2, 0.25) is 0 Å². The van der Waals surface area contributed by atoms with E-state index in [1.807, 2.05) is 0 Å². The Morgan fingerprint density at radius 2 is 2.11 bits per heavy atom. The average molecular weight is 254 g/mol. The van der Waals surface area contributed by atoms with Crippen LogP contribution in [-0.2, 0) is 0 Å². The zero-order valence-corrected chi connectivity index (χ0v) is 10.9. The molecular weight excluding hydrogens is 236 g/mol. The van der Waals surface area contributed by atoms with Crippen molar-refractivity contribution < 1.29 is 4.42 Å². The first-order valence-corrected chi connectivity index (χ1v) is 6.79. The molecule has 2 aromatic rings. The number of hydrogen-bond acceptors (Lipinski definition) is 3. The molecule has 1 aromatic carbocycles. The van der Waals surface area contributed by atoms with Crippen LogP contribution in [0.5, 0.6) is 0 Å². The molecule has 1 aliphatic rings. The summed E-state index contributed by atoms with van der Waals surface area (Å²) >= 11 is 0. The lowest BCUT2D eigenvalue weighted by Gasteiger charge is -2.18. The van der Waals surface area contributed by atoms with Crippen molar-refractivity contribution in [3.05, 3.63) is 49.0 Å². The monoisotopic (exact) mass is 254 g/mol. The highest BCUT2D eigenvalue weighted by Crippen LogP contribution is 2.22. The summed E-state index contributed by atoms with van der Waals surface area (Å²) in [5.41, 5.74) is 2.22. The minimum Gasteiger partial charge on any atom is -0.444 e. The van der Waals surface area contributed by atoms with Crippen molar-refractivity contribution in [3.8, 4) is 11.3 Å². The molecule has 0 saturated carbocycles. The topological polar surface area (TPSA) is 38.1 Å². The molecule has 19 heavy (non-hydrogen) atoms. The molecule has 0 fully saturated rings. The van der Waals surface area contributed by atoms with Crippen molar-refractivity contribution in [1.29, 1.82) is 0 Å². The maximum Gasteiger partial charge on any atom is 0.181 e. The number of aromatic nitrogens is 1. The van der Waals surface area contributed by atoms with Gasteiger partial charge in [0.05, 0.1) is 6.20 Å². The molecule has 98 valence electrons. The lowest BCUT2D eigenvalue weighted by Crippen LogP contribution is -2.15. The van der Waals surface area contributed by atoms with Crippen LogP contribution in [0.3, 0.4) is 0 Å². The van der Waals surface area contributed by atoms with E-state index in [2.05, 4.69) is 46.7 Å². The third-order valence-corrected chi connectivity index (χ3v) is 3.57. The molecule has 0 amide bonds. The van der Waals surface area contributed by atoms with Gasteiger partial charge in [-0.15, -0.1) is 0 Å². The van der Waals surface area contributed by atoms with Crippen molar-refractivity contribution in [2.75, 3.05) is 11.9 Å². The fraction of sp³-hybridized carbons (Fsp3) is 0.312. The second-order valence-electron chi connectivity index (χ2n) is 4.97. The predicted octanol–water partition coefficient (Wildman–Crippen LogP) is 4.11. The normalized spacial score (nSPS) is 18.4. The molecule has 1 heterocycles. The van der Waals surface area contributed by atoms with Crippen LogP contribution in [0.1, 0.15) is 19.3 Å². The summed E-state index contributed by atoms with van der Waals surface area (Å²) in [7, 11) is 0. The molecule has 0 spiro atoms. The fourth-order valence-electron chi connectivity index (χ4n) is 2.41. The summed E-state index contributed by atoms with van der Waals surface area (Å²) in [4.78, 5) is 3.93. The highest BCUT2D eigenvalue weighted by Gasteiger charge is 2.09. The summed E-state index contributed by atoms with van der Waals surface area (Å²) in [6.07, 6.45) is 11.5. The van der Waals surface area contributed by atoms with Crippen molar-refractivity contribution in [2.45, 2.75) is 19.3 Å². The highest BCUT2D eigenvalue weighted by atomic mass is 16.3. The van der Waals surface area contributed by atoms with Gasteiger partial charge < -0.3 is 9.73 Å². The smallest absolute Gasteiger partial charge is 0.181 e. The molecule has 1 aliphatic carbocycles. The second kappa shape index (κ2) is 5.74. The standard InChI is InChI=1S/C16H18N2O/c1-2-4-13(5-3-1)10-18-15-8-6-14(7-9-15)16-11-17-12-19-16/h1-2,6-9,11-13,18H,3-5,10H2. The molecule has 0 aliphatic heterocycles. The number of hydrogen-bond donors (Lipinski definition) is 1. The number of oxazole rings is 1. The van der Waals surface area contributed by atoms with Gasteiger partial charge in [-0.2, -0.15) is 0 Å². The van der Waals surface area contributed by atoms with Gasteiger partial charge in [-0.05, 0) is 49.4 Å². The number of benzene rings is 1. The van der Waals surface area contributed by atoms with E-state index >= 15 is 0 Å². The molecular formula is C16H18N2O. The highest BCUT2D eigenvalue weighted by molar-refractivity contribution is 5.60. The Balaban J connectivity index is 1.58. The van der Waals surface area contributed by atoms with E-state index in [9.17, 15) is 0 Å². The van der Waals surface area contributed by atoms with Crippen molar-refractivity contribution in [2.24, 2.45) is 5.92 Å². The Morgan fingerprint density at radius 1 is 1.21 bits per heavy atom. The molecule has 1 unspecified atom stereocenters. The van der Waals surface area contributed by atoms with Crippen LogP contribution in [0.4, 0.5) is 5.69 Å². The van der Waals surface area contributed by atoms with Crippen molar-refractivity contribution in [1.82, 2.24) is 4.98 Å². The van der Waals surface area contributed by atoms with Crippen molar-refractivity contribution >= 4 is 5.69 Å². The summed E-state index contributed by atoms with van der Waals surface area (Å²) in [6, 6.07) is 8.31. The summed E-state index contributed by atoms with van der Waals surface area (Å²) in [6.45, 7) is 1.05. The largest absolute Gasteiger partial charge is 0.444 e. The van der Waals surface area contributed by atoms with Crippen LogP contribution in [0.15, 0.2) is 53.4 Å². The van der Waals surface area contributed by atoms with Crippen molar-refractivity contribution in [3.63, 3.8) is 0 Å². The second-order valence-corrected chi connectivity index (χ2v) is 4.97. The van der Waals surface area contributed by atoms with Crippen LogP contribution >= 0.6 is 0 Å². The molecule has 3 nitrogen and oxygen atoms in total. The molecule has 1 atom stereocenters. The first-order valence-electron chi connectivity index (χ1n) is 6.79. The zero-order chi connectivity index (χ0) is 12.9. The van der Waals surface area contributed by atoms with E-state index in [0.29, 0.717) is 0 Å². The average Bonchev–Trinajstić information content (AvgIpc) is 3.01. The minimum absolute atomic E-state index is 0.763. The van der Waals surface area contributed by atoms with Gasteiger partial charge >= 0.3 is 0 Å². The van der Waals surface area contributed by atoms with Gasteiger partial charge in [-0.25, -0.2) is 4.98 Å². The lowest BCUT2D eigenvalue weighted by molar-refractivity contribution is 0.504. The van der Waals surface area contributed by atoms with Gasteiger partial charge in [0.1, 0.15) is 0 Å². The first-order chi connectivity index (χ1) is 9.42. The third kappa shape index (κ3) is 3.05. The number of rotatable bonds is 4. The van der Waals surface area contributed by atoms with E-state index in [4.69, 9.17) is 4.42 Å². The van der Waals surface area contributed by atoms with Gasteiger partial charge in [0.15, 0.2) is 12.2 Å². The van der Waals surface area contributed by atoms with E-state index < -0.39 is 0 Å². The third-order valence-electron chi connectivity index (χ3n) is 3.57. The molecule has 0 saturated heterocycles. The Kier molecular flexibility index (Phi) is 3.63.